The molecule has 8 heteroatoms. The molecule has 0 radical (unpaired) electrons. The van der Waals surface area contributed by atoms with E-state index in [1.807, 2.05) is 12.1 Å². The van der Waals surface area contributed by atoms with Gasteiger partial charge in [-0.05, 0) is 66.1 Å². The van der Waals surface area contributed by atoms with Crippen LogP contribution in [0.25, 0.3) is 0 Å². The molecule has 0 bridgehead atoms. The minimum absolute atomic E-state index is 0.0235. The molecule has 1 saturated heterocycles. The van der Waals surface area contributed by atoms with E-state index in [0.717, 1.165) is 45.6 Å². The SMILES string of the molecule is CCC1CN(C2CCOCC2)Cc2cc(C(=O)N[C@@H](CO)c3ccc(S(=O)(=O)CC)cc3)ccc21. The monoisotopic (exact) mass is 500 g/mol. The standard InChI is InChI=1S/C27H36N2O5S/c1-3-19-16-29(23-11-13-34-14-12-23)17-22-15-21(7-10-25(19)22)27(31)28-26(18-30)20-5-8-24(9-6-20)35(32,33)4-2/h5-10,15,19,23,26,30H,3-4,11-14,16-18H2,1-2H3,(H,28,31)/t19?,26-/m0/s1. The molecule has 0 aliphatic carbocycles. The average molecular weight is 501 g/mol. The van der Waals surface area contributed by atoms with Gasteiger partial charge in [-0.15, -0.1) is 0 Å². The van der Waals surface area contributed by atoms with Crippen molar-refractivity contribution in [2.45, 2.75) is 62.6 Å². The topological polar surface area (TPSA) is 95.9 Å². The van der Waals surface area contributed by atoms with Gasteiger partial charge in [-0.3, -0.25) is 9.69 Å². The second kappa shape index (κ2) is 11.2. The van der Waals surface area contributed by atoms with E-state index < -0.39 is 15.9 Å². The summed E-state index contributed by atoms with van der Waals surface area (Å²) in [5.74, 6) is 0.213. The summed E-state index contributed by atoms with van der Waals surface area (Å²) < 4.78 is 29.7. The number of hydrogen-bond acceptors (Lipinski definition) is 6. The number of nitrogens with zero attached hydrogens (tertiary/aromatic N) is 1. The molecular formula is C27H36N2O5S. The van der Waals surface area contributed by atoms with Crippen molar-refractivity contribution in [1.82, 2.24) is 10.2 Å². The molecule has 0 saturated carbocycles. The fraction of sp³-hybridized carbons (Fsp3) is 0.519. The number of nitrogens with one attached hydrogen (secondary N) is 1. The molecule has 2 N–H and O–H groups in total. The van der Waals surface area contributed by atoms with E-state index >= 15 is 0 Å². The van der Waals surface area contributed by atoms with Crippen molar-refractivity contribution in [1.29, 1.82) is 0 Å². The van der Waals surface area contributed by atoms with E-state index in [4.69, 9.17) is 4.74 Å². The first-order chi connectivity index (χ1) is 16.9. The summed E-state index contributed by atoms with van der Waals surface area (Å²) in [6.07, 6.45) is 3.14. The van der Waals surface area contributed by atoms with Gasteiger partial charge in [0.25, 0.3) is 5.91 Å². The number of carbonyl (C=O) groups excluding carboxylic acids is 1. The zero-order valence-electron chi connectivity index (χ0n) is 20.6. The van der Waals surface area contributed by atoms with Crippen LogP contribution in [0.15, 0.2) is 47.4 Å². The summed E-state index contributed by atoms with van der Waals surface area (Å²) in [6, 6.07) is 12.2. The molecule has 2 aliphatic rings. The molecule has 2 aromatic carbocycles. The van der Waals surface area contributed by atoms with E-state index in [0.29, 0.717) is 23.1 Å². The van der Waals surface area contributed by atoms with Crippen LogP contribution in [-0.2, 0) is 21.1 Å². The van der Waals surface area contributed by atoms with Crippen LogP contribution in [0.1, 0.15) is 72.1 Å². The Kier molecular flexibility index (Phi) is 8.27. The van der Waals surface area contributed by atoms with Gasteiger partial charge in [-0.2, -0.15) is 0 Å². The van der Waals surface area contributed by atoms with Crippen molar-refractivity contribution in [2.24, 2.45) is 0 Å². The molecule has 2 atom stereocenters. The van der Waals surface area contributed by atoms with Crippen LogP contribution >= 0.6 is 0 Å². The molecule has 1 amide bonds. The van der Waals surface area contributed by atoms with Crippen LogP contribution in [0, 0.1) is 0 Å². The van der Waals surface area contributed by atoms with E-state index in [1.165, 1.54) is 23.3 Å². The number of rotatable bonds is 8. The summed E-state index contributed by atoms with van der Waals surface area (Å²) in [5, 5.41) is 12.8. The van der Waals surface area contributed by atoms with Gasteiger partial charge in [-0.1, -0.05) is 32.0 Å². The lowest BCUT2D eigenvalue weighted by Gasteiger charge is -2.41. The Hall–Kier alpha value is -2.26. The minimum atomic E-state index is -3.30. The van der Waals surface area contributed by atoms with Crippen molar-refractivity contribution < 1.29 is 23.1 Å². The van der Waals surface area contributed by atoms with Crippen molar-refractivity contribution in [2.75, 3.05) is 32.1 Å². The first-order valence-electron chi connectivity index (χ1n) is 12.5. The van der Waals surface area contributed by atoms with Crippen LogP contribution in [0.4, 0.5) is 0 Å². The van der Waals surface area contributed by atoms with Gasteiger partial charge in [0.15, 0.2) is 9.84 Å². The predicted molar refractivity (Wildman–Crippen MR) is 135 cm³/mol. The summed E-state index contributed by atoms with van der Waals surface area (Å²) in [4.78, 5) is 15.9. The molecule has 2 heterocycles. The maximum Gasteiger partial charge on any atom is 0.251 e. The van der Waals surface area contributed by atoms with Crippen molar-refractivity contribution >= 4 is 15.7 Å². The third kappa shape index (κ3) is 5.77. The Morgan fingerprint density at radius 1 is 1.14 bits per heavy atom. The lowest BCUT2D eigenvalue weighted by molar-refractivity contribution is 0.0252. The van der Waals surface area contributed by atoms with E-state index in [1.54, 1.807) is 19.1 Å². The maximum atomic E-state index is 13.1. The Labute approximate surface area is 208 Å². The first kappa shape index (κ1) is 25.8. The molecule has 0 aromatic heterocycles. The van der Waals surface area contributed by atoms with Gasteiger partial charge in [0.05, 0.1) is 23.3 Å². The molecule has 0 spiro atoms. The number of carbonyl (C=O) groups is 1. The number of ether oxygens (including phenoxy) is 1. The van der Waals surface area contributed by atoms with E-state index in [-0.39, 0.29) is 23.2 Å². The van der Waals surface area contributed by atoms with Gasteiger partial charge in [0.1, 0.15) is 0 Å². The Morgan fingerprint density at radius 3 is 2.49 bits per heavy atom. The van der Waals surface area contributed by atoms with Gasteiger partial charge in [-0.25, -0.2) is 8.42 Å². The summed E-state index contributed by atoms with van der Waals surface area (Å²) in [7, 11) is -3.30. The van der Waals surface area contributed by atoms with E-state index in [9.17, 15) is 18.3 Å². The Balaban J connectivity index is 1.50. The molecule has 1 unspecified atom stereocenters. The Morgan fingerprint density at radius 2 is 1.86 bits per heavy atom. The summed E-state index contributed by atoms with van der Waals surface area (Å²) >= 11 is 0. The molecule has 2 aromatic rings. The quantitative estimate of drug-likeness (QED) is 0.577. The summed E-state index contributed by atoms with van der Waals surface area (Å²) in [5.41, 5.74) is 3.73. The second-order valence-corrected chi connectivity index (χ2v) is 11.8. The lowest BCUT2D eigenvalue weighted by atomic mass is 9.85. The largest absolute Gasteiger partial charge is 0.394 e. The zero-order valence-corrected chi connectivity index (χ0v) is 21.4. The van der Waals surface area contributed by atoms with Gasteiger partial charge < -0.3 is 15.2 Å². The van der Waals surface area contributed by atoms with E-state index in [2.05, 4.69) is 23.2 Å². The first-order valence-corrected chi connectivity index (χ1v) is 14.2. The molecule has 1 fully saturated rings. The second-order valence-electron chi connectivity index (χ2n) is 9.47. The number of sulfone groups is 1. The normalized spacial score (nSPS) is 20.3. The minimum Gasteiger partial charge on any atom is -0.394 e. The zero-order chi connectivity index (χ0) is 25.0. The smallest absolute Gasteiger partial charge is 0.251 e. The van der Waals surface area contributed by atoms with Crippen LogP contribution in [-0.4, -0.2) is 62.5 Å². The molecule has 35 heavy (non-hydrogen) atoms. The van der Waals surface area contributed by atoms with Crippen LogP contribution in [0.2, 0.25) is 0 Å². The number of aliphatic hydroxyl groups is 1. The highest BCUT2D eigenvalue weighted by Crippen LogP contribution is 2.34. The third-order valence-corrected chi connectivity index (χ3v) is 9.13. The lowest BCUT2D eigenvalue weighted by Crippen LogP contribution is -2.43. The van der Waals surface area contributed by atoms with Crippen molar-refractivity contribution in [3.63, 3.8) is 0 Å². The highest BCUT2D eigenvalue weighted by Gasteiger charge is 2.30. The molecule has 2 aliphatic heterocycles. The van der Waals surface area contributed by atoms with Crippen molar-refractivity contribution in [3.8, 4) is 0 Å². The number of aliphatic hydroxyl groups excluding tert-OH is 1. The predicted octanol–water partition coefficient (Wildman–Crippen LogP) is 3.43. The maximum absolute atomic E-state index is 13.1. The molecule has 4 rings (SSSR count). The third-order valence-electron chi connectivity index (χ3n) is 7.38. The van der Waals surface area contributed by atoms with Crippen molar-refractivity contribution in [3.05, 3.63) is 64.7 Å². The highest BCUT2D eigenvalue weighted by atomic mass is 32.2. The highest BCUT2D eigenvalue weighted by molar-refractivity contribution is 7.91. The molecule has 190 valence electrons. The molecular weight excluding hydrogens is 464 g/mol. The fourth-order valence-electron chi connectivity index (χ4n) is 5.17. The van der Waals surface area contributed by atoms with Crippen LogP contribution < -0.4 is 5.32 Å². The van der Waals surface area contributed by atoms with Crippen LogP contribution in [0.3, 0.4) is 0 Å². The summed E-state index contributed by atoms with van der Waals surface area (Å²) in [6.45, 7) is 7.01. The number of benzene rings is 2. The number of amides is 1. The Bertz CT molecular complexity index is 1130. The van der Waals surface area contributed by atoms with Gasteiger partial charge in [0, 0.05) is 37.9 Å². The van der Waals surface area contributed by atoms with Crippen LogP contribution in [0.5, 0.6) is 0 Å². The fourth-order valence-corrected chi connectivity index (χ4v) is 6.06. The van der Waals surface area contributed by atoms with Gasteiger partial charge in [0.2, 0.25) is 0 Å². The number of hydrogen-bond donors (Lipinski definition) is 2. The average Bonchev–Trinajstić information content (AvgIpc) is 2.91. The molecule has 7 nitrogen and oxygen atoms in total. The van der Waals surface area contributed by atoms with Gasteiger partial charge >= 0.3 is 0 Å². The number of fused-ring (bicyclic) bond motifs is 1.